The van der Waals surface area contributed by atoms with Gasteiger partial charge in [-0.15, -0.1) is 0 Å². The smallest absolute Gasteiger partial charge is 0.387 e. The molecule has 0 aliphatic carbocycles. The van der Waals surface area contributed by atoms with Crippen molar-refractivity contribution in [3.05, 3.63) is 65.5 Å². The number of amides is 2. The van der Waals surface area contributed by atoms with E-state index in [0.717, 1.165) is 6.07 Å². The molecule has 0 heterocycles. The fraction of sp³-hybridized carbons (Fsp3) is 0.176. The van der Waals surface area contributed by atoms with Crippen molar-refractivity contribution in [2.24, 2.45) is 0 Å². The molecule has 0 aliphatic heterocycles. The number of benzene rings is 2. The number of halogens is 3. The Labute approximate surface area is 141 Å². The van der Waals surface area contributed by atoms with Crippen molar-refractivity contribution in [1.82, 2.24) is 10.6 Å². The number of carbonyl (C=O) groups is 2. The van der Waals surface area contributed by atoms with Crippen molar-refractivity contribution in [2.45, 2.75) is 13.2 Å². The highest BCUT2D eigenvalue weighted by atomic mass is 19.3. The number of hydrogen-bond donors (Lipinski definition) is 2. The molecule has 0 atom stereocenters. The van der Waals surface area contributed by atoms with Gasteiger partial charge in [0.15, 0.2) is 0 Å². The molecule has 0 aromatic heterocycles. The fourth-order valence-electron chi connectivity index (χ4n) is 2.01. The molecular weight excluding hydrogens is 337 g/mol. The van der Waals surface area contributed by atoms with E-state index in [2.05, 4.69) is 15.4 Å². The van der Waals surface area contributed by atoms with Gasteiger partial charge in [0.05, 0.1) is 6.54 Å². The maximum Gasteiger partial charge on any atom is 0.387 e. The Hall–Kier alpha value is -3.03. The summed E-state index contributed by atoms with van der Waals surface area (Å²) in [5, 5.41) is 4.82. The molecule has 2 aromatic carbocycles. The SMILES string of the molecule is O=C(CNC(=O)c1cccc(F)c1)NCc1ccccc1OC(F)F. The molecule has 2 aromatic rings. The number of alkyl halides is 2. The summed E-state index contributed by atoms with van der Waals surface area (Å²) in [5.41, 5.74) is 0.455. The van der Waals surface area contributed by atoms with E-state index in [4.69, 9.17) is 0 Å². The number of para-hydroxylation sites is 1. The topological polar surface area (TPSA) is 67.4 Å². The first-order chi connectivity index (χ1) is 12.0. The molecule has 132 valence electrons. The van der Waals surface area contributed by atoms with E-state index in [1.807, 2.05) is 0 Å². The van der Waals surface area contributed by atoms with Crippen LogP contribution in [0.3, 0.4) is 0 Å². The van der Waals surface area contributed by atoms with Crippen LogP contribution in [0.15, 0.2) is 48.5 Å². The Morgan fingerprint density at radius 1 is 1.04 bits per heavy atom. The molecule has 0 spiro atoms. The van der Waals surface area contributed by atoms with Gasteiger partial charge < -0.3 is 15.4 Å². The first-order valence-electron chi connectivity index (χ1n) is 7.29. The van der Waals surface area contributed by atoms with Crippen LogP contribution in [0.5, 0.6) is 5.75 Å². The summed E-state index contributed by atoms with van der Waals surface area (Å²) in [4.78, 5) is 23.6. The van der Waals surface area contributed by atoms with Crippen molar-refractivity contribution >= 4 is 11.8 Å². The van der Waals surface area contributed by atoms with Crippen molar-refractivity contribution in [1.29, 1.82) is 0 Å². The number of nitrogens with one attached hydrogen (secondary N) is 2. The minimum Gasteiger partial charge on any atom is -0.434 e. The van der Waals surface area contributed by atoms with Crippen molar-refractivity contribution in [3.63, 3.8) is 0 Å². The molecule has 5 nitrogen and oxygen atoms in total. The summed E-state index contributed by atoms with van der Waals surface area (Å²) >= 11 is 0. The van der Waals surface area contributed by atoms with Gasteiger partial charge in [0.2, 0.25) is 5.91 Å². The van der Waals surface area contributed by atoms with Crippen molar-refractivity contribution in [2.75, 3.05) is 6.54 Å². The van der Waals surface area contributed by atoms with Crippen LogP contribution in [-0.4, -0.2) is 25.0 Å². The predicted octanol–water partition coefficient (Wildman–Crippen LogP) is 2.47. The lowest BCUT2D eigenvalue weighted by atomic mass is 10.2. The third-order valence-corrected chi connectivity index (χ3v) is 3.16. The van der Waals surface area contributed by atoms with Gasteiger partial charge in [-0.25, -0.2) is 4.39 Å². The maximum absolute atomic E-state index is 13.0. The average Bonchev–Trinajstić information content (AvgIpc) is 2.58. The van der Waals surface area contributed by atoms with Gasteiger partial charge in [-0.05, 0) is 24.3 Å². The summed E-state index contributed by atoms with van der Waals surface area (Å²) in [6, 6.07) is 11.1. The third-order valence-electron chi connectivity index (χ3n) is 3.16. The summed E-state index contributed by atoms with van der Waals surface area (Å²) in [5.74, 6) is -1.73. The number of rotatable bonds is 7. The molecule has 8 heteroatoms. The van der Waals surface area contributed by atoms with Crippen molar-refractivity contribution in [3.8, 4) is 5.75 Å². The lowest BCUT2D eigenvalue weighted by Gasteiger charge is -2.11. The molecule has 2 amide bonds. The molecule has 0 radical (unpaired) electrons. The minimum absolute atomic E-state index is 0.0402. The molecule has 0 unspecified atom stereocenters. The first-order valence-corrected chi connectivity index (χ1v) is 7.29. The molecule has 0 saturated heterocycles. The standard InChI is InChI=1S/C17H15F3N2O3/c18-13-6-3-5-11(8-13)16(24)22-10-15(23)21-9-12-4-1-2-7-14(12)25-17(19)20/h1-8,17H,9-10H2,(H,21,23)(H,22,24). The molecule has 0 bridgehead atoms. The Morgan fingerprint density at radius 3 is 2.52 bits per heavy atom. The van der Waals surface area contributed by atoms with E-state index in [1.54, 1.807) is 6.07 Å². The van der Waals surface area contributed by atoms with Crippen LogP contribution in [0.25, 0.3) is 0 Å². The predicted molar refractivity (Wildman–Crippen MR) is 83.7 cm³/mol. The van der Waals surface area contributed by atoms with Gasteiger partial charge in [0.1, 0.15) is 11.6 Å². The second kappa shape index (κ2) is 8.72. The summed E-state index contributed by atoms with van der Waals surface area (Å²) in [7, 11) is 0. The van der Waals surface area contributed by atoms with Gasteiger partial charge in [0.25, 0.3) is 5.91 Å². The van der Waals surface area contributed by atoms with Crippen LogP contribution < -0.4 is 15.4 Å². The largest absolute Gasteiger partial charge is 0.434 e. The minimum atomic E-state index is -2.97. The van der Waals surface area contributed by atoms with Crippen LogP contribution in [0.4, 0.5) is 13.2 Å². The van der Waals surface area contributed by atoms with Crippen LogP contribution in [0.2, 0.25) is 0 Å². The highest BCUT2D eigenvalue weighted by Gasteiger charge is 2.11. The zero-order chi connectivity index (χ0) is 18.2. The van der Waals surface area contributed by atoms with Crippen LogP contribution >= 0.6 is 0 Å². The van der Waals surface area contributed by atoms with E-state index in [0.29, 0.717) is 5.56 Å². The number of hydrogen-bond acceptors (Lipinski definition) is 3. The zero-order valence-electron chi connectivity index (χ0n) is 13.0. The second-order valence-electron chi connectivity index (χ2n) is 4.96. The van der Waals surface area contributed by atoms with Gasteiger partial charge in [0, 0.05) is 17.7 Å². The fourth-order valence-corrected chi connectivity index (χ4v) is 2.01. The molecule has 0 fully saturated rings. The monoisotopic (exact) mass is 352 g/mol. The Balaban J connectivity index is 1.84. The van der Waals surface area contributed by atoms with E-state index in [9.17, 15) is 22.8 Å². The molecular formula is C17H15F3N2O3. The van der Waals surface area contributed by atoms with Crippen LogP contribution in [0, 0.1) is 5.82 Å². The molecule has 0 saturated carbocycles. The molecule has 2 rings (SSSR count). The van der Waals surface area contributed by atoms with E-state index < -0.39 is 24.2 Å². The van der Waals surface area contributed by atoms with Gasteiger partial charge in [-0.1, -0.05) is 24.3 Å². The second-order valence-corrected chi connectivity index (χ2v) is 4.96. The zero-order valence-corrected chi connectivity index (χ0v) is 13.0. The summed E-state index contributed by atoms with van der Waals surface area (Å²) in [6.07, 6.45) is 0. The molecule has 25 heavy (non-hydrogen) atoms. The summed E-state index contributed by atoms with van der Waals surface area (Å²) in [6.45, 7) is -3.35. The van der Waals surface area contributed by atoms with Gasteiger partial charge >= 0.3 is 6.61 Å². The molecule has 0 aliphatic rings. The lowest BCUT2D eigenvalue weighted by Crippen LogP contribution is -2.36. The highest BCUT2D eigenvalue weighted by Crippen LogP contribution is 2.19. The van der Waals surface area contributed by atoms with Gasteiger partial charge in [-0.2, -0.15) is 8.78 Å². The van der Waals surface area contributed by atoms with Crippen LogP contribution in [0.1, 0.15) is 15.9 Å². The first kappa shape index (κ1) is 18.3. The quantitative estimate of drug-likeness (QED) is 0.804. The Kier molecular flexibility index (Phi) is 6.39. The summed E-state index contributed by atoms with van der Waals surface area (Å²) < 4.78 is 42.0. The van der Waals surface area contributed by atoms with Crippen molar-refractivity contribution < 1.29 is 27.5 Å². The Bertz CT molecular complexity index is 753. The van der Waals surface area contributed by atoms with E-state index in [1.165, 1.54) is 36.4 Å². The van der Waals surface area contributed by atoms with E-state index in [-0.39, 0.29) is 24.4 Å². The normalized spacial score (nSPS) is 10.4. The Morgan fingerprint density at radius 2 is 1.80 bits per heavy atom. The highest BCUT2D eigenvalue weighted by molar-refractivity contribution is 5.96. The van der Waals surface area contributed by atoms with Gasteiger partial charge in [-0.3, -0.25) is 9.59 Å². The number of ether oxygens (including phenoxy) is 1. The third kappa shape index (κ3) is 5.83. The average molecular weight is 352 g/mol. The number of carbonyl (C=O) groups excluding carboxylic acids is 2. The maximum atomic E-state index is 13.0. The molecule has 2 N–H and O–H groups in total. The van der Waals surface area contributed by atoms with E-state index >= 15 is 0 Å². The lowest BCUT2D eigenvalue weighted by molar-refractivity contribution is -0.120. The van der Waals surface area contributed by atoms with Crippen LogP contribution in [-0.2, 0) is 11.3 Å².